The summed E-state index contributed by atoms with van der Waals surface area (Å²) in [6, 6.07) is 0. The molecule has 5 heteroatoms. The van der Waals surface area contributed by atoms with Crippen LogP contribution in [0.15, 0.2) is 6.20 Å². The minimum Gasteiger partial charge on any atom is -0.370 e. The predicted octanol–water partition coefficient (Wildman–Crippen LogP) is 1.44. The third-order valence-electron chi connectivity index (χ3n) is 2.35. The maximum absolute atomic E-state index is 11.9. The zero-order valence-electron chi connectivity index (χ0n) is 7.86. The van der Waals surface area contributed by atoms with Gasteiger partial charge in [0, 0.05) is 13.7 Å². The SMILES string of the molecule is Cn1ncc(Cl)c1C(=O)C1CCCO1. The van der Waals surface area contributed by atoms with E-state index in [1.807, 2.05) is 0 Å². The predicted molar refractivity (Wildman–Crippen MR) is 51.5 cm³/mol. The first-order chi connectivity index (χ1) is 6.70. The van der Waals surface area contributed by atoms with Crippen molar-refractivity contribution in [2.24, 2.45) is 7.05 Å². The average Bonchev–Trinajstić information content (AvgIpc) is 2.75. The van der Waals surface area contributed by atoms with Crippen LogP contribution in [0.5, 0.6) is 0 Å². The second kappa shape index (κ2) is 3.71. The molecule has 1 aliphatic rings. The molecule has 0 saturated carbocycles. The van der Waals surface area contributed by atoms with Crippen LogP contribution in [-0.4, -0.2) is 28.3 Å². The van der Waals surface area contributed by atoms with Crippen LogP contribution in [0.25, 0.3) is 0 Å². The number of nitrogens with zero attached hydrogens (tertiary/aromatic N) is 2. The molecule has 0 spiro atoms. The molecule has 1 aromatic heterocycles. The summed E-state index contributed by atoms with van der Waals surface area (Å²) in [5.74, 6) is -0.0625. The lowest BCUT2D eigenvalue weighted by Crippen LogP contribution is -2.22. The maximum Gasteiger partial charge on any atom is 0.211 e. The zero-order chi connectivity index (χ0) is 10.1. The van der Waals surface area contributed by atoms with Crippen LogP contribution in [0.1, 0.15) is 23.3 Å². The Hall–Kier alpha value is -0.870. The monoisotopic (exact) mass is 214 g/mol. The molecule has 2 rings (SSSR count). The normalized spacial score (nSPS) is 21.4. The van der Waals surface area contributed by atoms with Crippen LogP contribution in [0, 0.1) is 0 Å². The Kier molecular flexibility index (Phi) is 2.56. The minimum absolute atomic E-state index is 0.0625. The Balaban J connectivity index is 2.25. The van der Waals surface area contributed by atoms with Gasteiger partial charge in [-0.15, -0.1) is 0 Å². The van der Waals surface area contributed by atoms with Crippen LogP contribution >= 0.6 is 11.6 Å². The number of ketones is 1. The molecular weight excluding hydrogens is 204 g/mol. The van der Waals surface area contributed by atoms with Crippen molar-refractivity contribution in [3.05, 3.63) is 16.9 Å². The number of rotatable bonds is 2. The van der Waals surface area contributed by atoms with Crippen molar-refractivity contribution in [1.82, 2.24) is 9.78 Å². The van der Waals surface area contributed by atoms with Crippen molar-refractivity contribution in [3.8, 4) is 0 Å². The molecule has 0 aliphatic carbocycles. The van der Waals surface area contributed by atoms with E-state index in [2.05, 4.69) is 5.10 Å². The van der Waals surface area contributed by atoms with Gasteiger partial charge in [0.25, 0.3) is 0 Å². The highest BCUT2D eigenvalue weighted by atomic mass is 35.5. The number of carbonyl (C=O) groups is 1. The number of hydrogen-bond acceptors (Lipinski definition) is 3. The summed E-state index contributed by atoms with van der Waals surface area (Å²) < 4.78 is 6.79. The molecule has 4 nitrogen and oxygen atoms in total. The highest BCUT2D eigenvalue weighted by Crippen LogP contribution is 2.21. The lowest BCUT2D eigenvalue weighted by atomic mass is 10.1. The number of aromatic nitrogens is 2. The van der Waals surface area contributed by atoms with E-state index in [1.54, 1.807) is 7.05 Å². The van der Waals surface area contributed by atoms with E-state index in [1.165, 1.54) is 10.9 Å². The van der Waals surface area contributed by atoms with Crippen molar-refractivity contribution in [2.45, 2.75) is 18.9 Å². The van der Waals surface area contributed by atoms with Gasteiger partial charge in [-0.25, -0.2) is 0 Å². The smallest absolute Gasteiger partial charge is 0.211 e. The van der Waals surface area contributed by atoms with Gasteiger partial charge in [-0.05, 0) is 12.8 Å². The molecule has 1 saturated heterocycles. The highest BCUT2D eigenvalue weighted by molar-refractivity contribution is 6.33. The molecule has 0 bridgehead atoms. The van der Waals surface area contributed by atoms with E-state index in [0.717, 1.165) is 12.8 Å². The van der Waals surface area contributed by atoms with Gasteiger partial charge in [0.1, 0.15) is 11.8 Å². The fraction of sp³-hybridized carbons (Fsp3) is 0.556. The molecule has 0 amide bonds. The average molecular weight is 215 g/mol. The van der Waals surface area contributed by atoms with Gasteiger partial charge in [0.2, 0.25) is 5.78 Å². The molecule has 0 radical (unpaired) electrons. The Morgan fingerprint density at radius 1 is 1.79 bits per heavy atom. The van der Waals surface area contributed by atoms with E-state index in [-0.39, 0.29) is 11.9 Å². The summed E-state index contributed by atoms with van der Waals surface area (Å²) >= 11 is 5.86. The van der Waals surface area contributed by atoms with Crippen molar-refractivity contribution in [3.63, 3.8) is 0 Å². The molecule has 1 atom stereocenters. The summed E-state index contributed by atoms with van der Waals surface area (Å²) in [4.78, 5) is 11.9. The molecule has 2 heterocycles. The number of hydrogen-bond donors (Lipinski definition) is 0. The topological polar surface area (TPSA) is 44.1 Å². The maximum atomic E-state index is 11.9. The highest BCUT2D eigenvalue weighted by Gasteiger charge is 2.28. The van der Waals surface area contributed by atoms with Crippen LogP contribution in [0.4, 0.5) is 0 Å². The summed E-state index contributed by atoms with van der Waals surface area (Å²) in [5.41, 5.74) is 0.443. The Labute approximate surface area is 86.8 Å². The summed E-state index contributed by atoms with van der Waals surface area (Å²) in [5, 5.41) is 4.31. The van der Waals surface area contributed by atoms with Crippen molar-refractivity contribution in [2.75, 3.05) is 6.61 Å². The molecule has 14 heavy (non-hydrogen) atoms. The van der Waals surface area contributed by atoms with Crippen LogP contribution in [0.3, 0.4) is 0 Å². The number of halogens is 1. The molecule has 1 unspecified atom stereocenters. The fourth-order valence-corrected chi connectivity index (χ4v) is 1.88. The first kappa shape index (κ1) is 9.68. The van der Waals surface area contributed by atoms with Gasteiger partial charge in [0.15, 0.2) is 0 Å². The van der Waals surface area contributed by atoms with Gasteiger partial charge < -0.3 is 4.74 Å². The number of ether oxygens (including phenoxy) is 1. The fourth-order valence-electron chi connectivity index (χ4n) is 1.62. The van der Waals surface area contributed by atoms with Gasteiger partial charge in [-0.2, -0.15) is 5.10 Å². The Morgan fingerprint density at radius 3 is 3.07 bits per heavy atom. The van der Waals surface area contributed by atoms with Crippen LogP contribution in [-0.2, 0) is 11.8 Å². The van der Waals surface area contributed by atoms with E-state index >= 15 is 0 Å². The number of Topliss-reactive ketones (excluding diaryl/α,β-unsaturated/α-hetero) is 1. The van der Waals surface area contributed by atoms with Gasteiger partial charge in [-0.3, -0.25) is 9.48 Å². The summed E-state index contributed by atoms with van der Waals surface area (Å²) in [6.45, 7) is 0.659. The molecule has 0 aromatic carbocycles. The Bertz CT molecular complexity index is 336. The lowest BCUT2D eigenvalue weighted by Gasteiger charge is -2.08. The van der Waals surface area contributed by atoms with E-state index in [0.29, 0.717) is 17.3 Å². The first-order valence-electron chi connectivity index (χ1n) is 4.53. The van der Waals surface area contributed by atoms with Gasteiger partial charge in [0.05, 0.1) is 11.2 Å². The molecular formula is C9H11ClN2O2. The van der Waals surface area contributed by atoms with Crippen LogP contribution in [0.2, 0.25) is 5.02 Å². The lowest BCUT2D eigenvalue weighted by molar-refractivity contribution is 0.0633. The van der Waals surface area contributed by atoms with Crippen LogP contribution < -0.4 is 0 Å². The van der Waals surface area contributed by atoms with E-state index in [9.17, 15) is 4.79 Å². The van der Waals surface area contributed by atoms with Crippen molar-refractivity contribution >= 4 is 17.4 Å². The van der Waals surface area contributed by atoms with E-state index in [4.69, 9.17) is 16.3 Å². The Morgan fingerprint density at radius 2 is 2.57 bits per heavy atom. The zero-order valence-corrected chi connectivity index (χ0v) is 8.62. The standard InChI is InChI=1S/C9H11ClN2O2/c1-12-8(6(10)5-11-12)9(13)7-3-2-4-14-7/h5,7H,2-4H2,1H3. The molecule has 1 aromatic rings. The largest absolute Gasteiger partial charge is 0.370 e. The number of aryl methyl sites for hydroxylation is 1. The molecule has 76 valence electrons. The quantitative estimate of drug-likeness (QED) is 0.700. The van der Waals surface area contributed by atoms with E-state index < -0.39 is 0 Å². The molecule has 1 aliphatic heterocycles. The third kappa shape index (κ3) is 1.55. The van der Waals surface area contributed by atoms with Gasteiger partial charge >= 0.3 is 0 Å². The third-order valence-corrected chi connectivity index (χ3v) is 2.63. The minimum atomic E-state index is -0.331. The molecule has 0 N–H and O–H groups in total. The van der Waals surface area contributed by atoms with Crippen molar-refractivity contribution in [1.29, 1.82) is 0 Å². The first-order valence-corrected chi connectivity index (χ1v) is 4.91. The summed E-state index contributed by atoms with van der Waals surface area (Å²) in [6.07, 6.45) is 2.86. The number of carbonyl (C=O) groups excluding carboxylic acids is 1. The summed E-state index contributed by atoms with van der Waals surface area (Å²) in [7, 11) is 1.70. The molecule has 1 fully saturated rings. The second-order valence-corrected chi connectivity index (χ2v) is 3.74. The van der Waals surface area contributed by atoms with Crippen molar-refractivity contribution < 1.29 is 9.53 Å². The second-order valence-electron chi connectivity index (χ2n) is 3.33. The van der Waals surface area contributed by atoms with Gasteiger partial charge in [-0.1, -0.05) is 11.6 Å².